The van der Waals surface area contributed by atoms with Crippen LogP contribution in [-0.4, -0.2) is 41.5 Å². The van der Waals surface area contributed by atoms with E-state index in [-0.39, 0.29) is 17.3 Å². The maximum Gasteiger partial charge on any atom is 0.355 e. The number of carbonyl (C=O) groups is 1. The first-order valence-electron chi connectivity index (χ1n) is 8.38. The molecule has 0 saturated carbocycles. The zero-order chi connectivity index (χ0) is 19.8. The summed E-state index contributed by atoms with van der Waals surface area (Å²) in [6.45, 7) is 2.65. The monoisotopic (exact) mass is 374 g/mol. The number of benzene rings is 1. The number of nitrogens with one attached hydrogen (secondary N) is 2. The van der Waals surface area contributed by atoms with Gasteiger partial charge in [-0.05, 0) is 30.7 Å². The Balaban J connectivity index is 2.17. The number of anilines is 2. The van der Waals surface area contributed by atoms with Gasteiger partial charge in [0.2, 0.25) is 11.6 Å². The molecule has 2 rings (SSSR count). The molecule has 1 amide bonds. The SMILES string of the molecule is CCCCN(C)c1ncnc(NNC(=O)c2ccc(OC)cc2)c1[N+](=O)[O-]. The van der Waals surface area contributed by atoms with E-state index in [0.29, 0.717) is 17.9 Å². The van der Waals surface area contributed by atoms with Gasteiger partial charge in [-0.15, -0.1) is 0 Å². The number of amides is 1. The second-order valence-electron chi connectivity index (χ2n) is 5.73. The summed E-state index contributed by atoms with van der Waals surface area (Å²) in [7, 11) is 3.25. The lowest BCUT2D eigenvalue weighted by atomic mass is 10.2. The van der Waals surface area contributed by atoms with Gasteiger partial charge in [-0.2, -0.15) is 0 Å². The average molecular weight is 374 g/mol. The van der Waals surface area contributed by atoms with E-state index in [1.807, 2.05) is 6.92 Å². The van der Waals surface area contributed by atoms with Crippen LogP contribution in [-0.2, 0) is 0 Å². The number of aromatic nitrogens is 2. The first-order valence-corrected chi connectivity index (χ1v) is 8.38. The fraction of sp³-hybridized carbons (Fsp3) is 0.353. The summed E-state index contributed by atoms with van der Waals surface area (Å²) in [5, 5.41) is 11.5. The van der Waals surface area contributed by atoms with Gasteiger partial charge < -0.3 is 9.64 Å². The van der Waals surface area contributed by atoms with E-state index in [1.165, 1.54) is 13.4 Å². The molecule has 0 bridgehead atoms. The van der Waals surface area contributed by atoms with Crippen molar-refractivity contribution in [3.05, 3.63) is 46.3 Å². The van der Waals surface area contributed by atoms with Crippen molar-refractivity contribution in [2.24, 2.45) is 0 Å². The number of hydrazine groups is 1. The smallest absolute Gasteiger partial charge is 0.355 e. The average Bonchev–Trinajstić information content (AvgIpc) is 2.69. The van der Waals surface area contributed by atoms with Gasteiger partial charge in [0.05, 0.1) is 12.0 Å². The number of hydrogen-bond donors (Lipinski definition) is 2. The third-order valence-electron chi connectivity index (χ3n) is 3.84. The van der Waals surface area contributed by atoms with Gasteiger partial charge in [0.1, 0.15) is 12.1 Å². The van der Waals surface area contributed by atoms with E-state index in [1.54, 1.807) is 36.2 Å². The lowest BCUT2D eigenvalue weighted by molar-refractivity contribution is -0.383. The molecule has 0 aliphatic rings. The van der Waals surface area contributed by atoms with E-state index in [9.17, 15) is 14.9 Å². The van der Waals surface area contributed by atoms with Crippen LogP contribution in [0.15, 0.2) is 30.6 Å². The van der Waals surface area contributed by atoms with Gasteiger partial charge in [0.15, 0.2) is 0 Å². The Morgan fingerprint density at radius 1 is 1.30 bits per heavy atom. The van der Waals surface area contributed by atoms with Crippen LogP contribution in [0.25, 0.3) is 0 Å². The number of methoxy groups -OCH3 is 1. The van der Waals surface area contributed by atoms with Gasteiger partial charge in [0, 0.05) is 19.2 Å². The van der Waals surface area contributed by atoms with Crippen molar-refractivity contribution in [1.29, 1.82) is 0 Å². The Morgan fingerprint density at radius 2 is 2.00 bits per heavy atom. The predicted molar refractivity (Wildman–Crippen MR) is 101 cm³/mol. The van der Waals surface area contributed by atoms with Crippen LogP contribution in [0.5, 0.6) is 5.75 Å². The first-order chi connectivity index (χ1) is 13.0. The molecule has 10 heteroatoms. The maximum absolute atomic E-state index is 12.2. The number of unbranched alkanes of at least 4 members (excludes halogenated alkanes) is 1. The number of carbonyl (C=O) groups excluding carboxylic acids is 1. The molecule has 1 aromatic heterocycles. The molecule has 0 unspecified atom stereocenters. The lowest BCUT2D eigenvalue weighted by Gasteiger charge is -2.18. The number of ether oxygens (including phenoxy) is 1. The molecule has 0 aliphatic heterocycles. The molecule has 1 heterocycles. The molecule has 2 N–H and O–H groups in total. The number of nitrogens with zero attached hydrogens (tertiary/aromatic N) is 4. The summed E-state index contributed by atoms with van der Waals surface area (Å²) >= 11 is 0. The molecule has 0 spiro atoms. The summed E-state index contributed by atoms with van der Waals surface area (Å²) in [6.07, 6.45) is 3.04. The Kier molecular flexibility index (Phi) is 6.86. The Labute approximate surface area is 156 Å². The summed E-state index contributed by atoms with van der Waals surface area (Å²) in [6, 6.07) is 6.44. The number of hydrogen-bond acceptors (Lipinski definition) is 8. The van der Waals surface area contributed by atoms with Crippen LogP contribution in [0.2, 0.25) is 0 Å². The van der Waals surface area contributed by atoms with Crippen molar-refractivity contribution in [2.45, 2.75) is 19.8 Å². The standard InChI is InChI=1S/C17H22N6O4/c1-4-5-10-22(2)16-14(23(25)26)15(18-11-19-16)20-21-17(24)12-6-8-13(27-3)9-7-12/h6-9,11H,4-5,10H2,1-3H3,(H,21,24)(H,18,19,20). The van der Waals surface area contributed by atoms with Crippen LogP contribution in [0.4, 0.5) is 17.3 Å². The minimum atomic E-state index is -0.570. The Hall–Kier alpha value is -3.43. The van der Waals surface area contributed by atoms with Gasteiger partial charge in [-0.1, -0.05) is 13.3 Å². The molecule has 10 nitrogen and oxygen atoms in total. The second-order valence-corrected chi connectivity index (χ2v) is 5.73. The lowest BCUT2D eigenvalue weighted by Crippen LogP contribution is -2.31. The first kappa shape index (κ1) is 19.9. The molecule has 0 saturated heterocycles. The topological polar surface area (TPSA) is 123 Å². The van der Waals surface area contributed by atoms with Gasteiger partial charge >= 0.3 is 5.69 Å². The molecule has 0 atom stereocenters. The van der Waals surface area contributed by atoms with Crippen LogP contribution in [0, 0.1) is 10.1 Å². The van der Waals surface area contributed by atoms with Crippen molar-refractivity contribution in [2.75, 3.05) is 31.0 Å². The fourth-order valence-electron chi connectivity index (χ4n) is 2.34. The van der Waals surface area contributed by atoms with Crippen molar-refractivity contribution < 1.29 is 14.5 Å². The van der Waals surface area contributed by atoms with Gasteiger partial charge in [-0.3, -0.25) is 25.8 Å². The largest absolute Gasteiger partial charge is 0.497 e. The fourth-order valence-corrected chi connectivity index (χ4v) is 2.34. The molecule has 144 valence electrons. The number of rotatable bonds is 9. The summed E-state index contributed by atoms with van der Waals surface area (Å²) < 4.78 is 5.04. The zero-order valence-electron chi connectivity index (χ0n) is 15.4. The van der Waals surface area contributed by atoms with Crippen molar-refractivity contribution >= 4 is 23.2 Å². The third-order valence-corrected chi connectivity index (χ3v) is 3.84. The van der Waals surface area contributed by atoms with Crippen molar-refractivity contribution in [3.63, 3.8) is 0 Å². The Bertz CT molecular complexity index is 797. The Morgan fingerprint density at radius 3 is 2.59 bits per heavy atom. The summed E-state index contributed by atoms with van der Waals surface area (Å²) in [4.78, 5) is 32.8. The highest BCUT2D eigenvalue weighted by Crippen LogP contribution is 2.30. The van der Waals surface area contributed by atoms with E-state index >= 15 is 0 Å². The van der Waals surface area contributed by atoms with Gasteiger partial charge in [0.25, 0.3) is 5.91 Å². The highest BCUT2D eigenvalue weighted by atomic mass is 16.6. The molecular formula is C17H22N6O4. The number of nitro groups is 1. The van der Waals surface area contributed by atoms with E-state index in [4.69, 9.17) is 4.74 Å². The minimum Gasteiger partial charge on any atom is -0.497 e. The van der Waals surface area contributed by atoms with E-state index < -0.39 is 10.8 Å². The van der Waals surface area contributed by atoms with Crippen LogP contribution >= 0.6 is 0 Å². The van der Waals surface area contributed by atoms with Crippen LogP contribution in [0.1, 0.15) is 30.1 Å². The molecule has 1 aromatic carbocycles. The van der Waals surface area contributed by atoms with Crippen molar-refractivity contribution in [3.8, 4) is 5.75 Å². The van der Waals surface area contributed by atoms with Crippen molar-refractivity contribution in [1.82, 2.24) is 15.4 Å². The van der Waals surface area contributed by atoms with Gasteiger partial charge in [-0.25, -0.2) is 9.97 Å². The molecule has 0 aliphatic carbocycles. The van der Waals surface area contributed by atoms with Crippen LogP contribution in [0.3, 0.4) is 0 Å². The maximum atomic E-state index is 12.2. The normalized spacial score (nSPS) is 10.2. The quantitative estimate of drug-likeness (QED) is 0.507. The van der Waals surface area contributed by atoms with E-state index in [2.05, 4.69) is 20.8 Å². The highest BCUT2D eigenvalue weighted by molar-refractivity contribution is 5.95. The summed E-state index contributed by atoms with van der Waals surface area (Å²) in [5.41, 5.74) is 5.00. The third kappa shape index (κ3) is 5.03. The molecule has 27 heavy (non-hydrogen) atoms. The summed E-state index contributed by atoms with van der Waals surface area (Å²) in [5.74, 6) is 0.247. The second kappa shape index (κ2) is 9.32. The molecule has 0 fully saturated rings. The zero-order valence-corrected chi connectivity index (χ0v) is 15.4. The van der Waals surface area contributed by atoms with E-state index in [0.717, 1.165) is 12.8 Å². The van der Waals surface area contributed by atoms with Crippen LogP contribution < -0.4 is 20.5 Å². The highest BCUT2D eigenvalue weighted by Gasteiger charge is 2.25. The predicted octanol–water partition coefficient (Wildman–Crippen LogP) is 2.39. The minimum absolute atomic E-state index is 0.0878. The molecule has 2 aromatic rings. The molecule has 0 radical (unpaired) electrons. The molecular weight excluding hydrogens is 352 g/mol.